The van der Waals surface area contributed by atoms with Gasteiger partial charge in [-0.3, -0.25) is 9.36 Å². The highest BCUT2D eigenvalue weighted by Crippen LogP contribution is 2.39. The highest BCUT2D eigenvalue weighted by atomic mass is 16.3. The van der Waals surface area contributed by atoms with Crippen molar-refractivity contribution in [1.82, 2.24) is 9.55 Å². The van der Waals surface area contributed by atoms with Crippen LogP contribution < -0.4 is 10.6 Å². The van der Waals surface area contributed by atoms with Gasteiger partial charge >= 0.3 is 0 Å². The summed E-state index contributed by atoms with van der Waals surface area (Å²) in [4.78, 5) is 18.1. The maximum Gasteiger partial charge on any atom is 0.255 e. The Morgan fingerprint density at radius 3 is 2.47 bits per heavy atom. The van der Waals surface area contributed by atoms with Gasteiger partial charge < -0.3 is 15.7 Å². The van der Waals surface area contributed by atoms with E-state index < -0.39 is 6.04 Å². The highest BCUT2D eigenvalue weighted by Gasteiger charge is 2.34. The molecule has 0 bridgehead atoms. The number of hydrogen-bond acceptors (Lipinski definition) is 4. The van der Waals surface area contributed by atoms with Crippen molar-refractivity contribution in [3.63, 3.8) is 0 Å². The monoisotopic (exact) mass is 396 g/mol. The first-order valence-corrected chi connectivity index (χ1v) is 9.72. The SMILES string of the molecule is CC1=C(C(=O)Nc2ccccc2)[C@@H](c2ccc(O)cc2)n2c(nc3ccccc32)N1. The van der Waals surface area contributed by atoms with E-state index >= 15 is 0 Å². The number of fused-ring (bicyclic) bond motifs is 3. The van der Waals surface area contributed by atoms with Gasteiger partial charge in [0.1, 0.15) is 5.75 Å². The standard InChI is InChI=1S/C24H20N4O2/c1-15-21(23(30)26-17-7-3-2-4-8-17)22(16-11-13-18(29)14-12-16)28-20-10-6-5-9-19(20)27-24(28)25-15/h2-14,22,29H,1H3,(H,25,27)(H,26,30)/t22-/m1/s1. The van der Waals surface area contributed by atoms with E-state index in [9.17, 15) is 9.90 Å². The van der Waals surface area contributed by atoms with E-state index in [4.69, 9.17) is 4.98 Å². The number of benzene rings is 3. The van der Waals surface area contributed by atoms with E-state index in [1.54, 1.807) is 12.1 Å². The van der Waals surface area contributed by atoms with Gasteiger partial charge in [0, 0.05) is 11.4 Å². The highest BCUT2D eigenvalue weighted by molar-refractivity contribution is 6.06. The first-order chi connectivity index (χ1) is 14.6. The molecule has 0 aliphatic carbocycles. The van der Waals surface area contributed by atoms with E-state index in [0.29, 0.717) is 11.5 Å². The van der Waals surface area contributed by atoms with Crippen molar-refractivity contribution in [2.24, 2.45) is 0 Å². The largest absolute Gasteiger partial charge is 0.508 e. The number of carbonyl (C=O) groups excluding carboxylic acids is 1. The third-order valence-electron chi connectivity index (χ3n) is 5.32. The quantitative estimate of drug-likeness (QED) is 0.470. The molecule has 3 N–H and O–H groups in total. The second-order valence-corrected chi connectivity index (χ2v) is 7.27. The zero-order chi connectivity index (χ0) is 20.7. The number of nitrogens with one attached hydrogen (secondary N) is 2. The summed E-state index contributed by atoms with van der Waals surface area (Å²) in [6.07, 6.45) is 0. The van der Waals surface area contributed by atoms with Crippen LogP contribution in [-0.4, -0.2) is 20.6 Å². The molecular weight excluding hydrogens is 376 g/mol. The van der Waals surface area contributed by atoms with Gasteiger partial charge in [-0.1, -0.05) is 42.5 Å². The van der Waals surface area contributed by atoms with Crippen LogP contribution in [0.4, 0.5) is 11.6 Å². The number of aromatic nitrogens is 2. The number of phenols is 1. The Morgan fingerprint density at radius 1 is 1.00 bits per heavy atom. The molecule has 1 atom stereocenters. The first-order valence-electron chi connectivity index (χ1n) is 9.72. The fourth-order valence-corrected chi connectivity index (χ4v) is 3.95. The predicted octanol–water partition coefficient (Wildman–Crippen LogP) is 4.67. The van der Waals surface area contributed by atoms with Gasteiger partial charge in [0.05, 0.1) is 22.6 Å². The van der Waals surface area contributed by atoms with Crippen molar-refractivity contribution in [2.45, 2.75) is 13.0 Å². The molecule has 1 aliphatic heterocycles. The summed E-state index contributed by atoms with van der Waals surface area (Å²) in [6.45, 7) is 1.89. The van der Waals surface area contributed by atoms with Gasteiger partial charge in [-0.25, -0.2) is 4.98 Å². The maximum absolute atomic E-state index is 13.4. The fourth-order valence-electron chi connectivity index (χ4n) is 3.95. The minimum absolute atomic E-state index is 0.180. The Hall–Kier alpha value is -4.06. The molecule has 1 amide bonds. The van der Waals surface area contributed by atoms with Crippen LogP contribution in [0.1, 0.15) is 18.5 Å². The number of phenolic OH excluding ortho intramolecular Hbond substituents is 1. The molecule has 6 nitrogen and oxygen atoms in total. The number of anilines is 2. The van der Waals surface area contributed by atoms with Gasteiger partial charge in [0.2, 0.25) is 5.95 Å². The van der Waals surface area contributed by atoms with Crippen LogP contribution in [0.25, 0.3) is 11.0 Å². The molecule has 0 saturated carbocycles. The normalized spacial score (nSPS) is 15.6. The lowest BCUT2D eigenvalue weighted by atomic mass is 9.94. The number of nitrogens with zero attached hydrogens (tertiary/aromatic N) is 2. The molecule has 1 aromatic heterocycles. The third kappa shape index (κ3) is 2.99. The van der Waals surface area contributed by atoms with Crippen LogP contribution in [0.5, 0.6) is 5.75 Å². The van der Waals surface area contributed by atoms with E-state index in [-0.39, 0.29) is 11.7 Å². The second kappa shape index (κ2) is 7.08. The minimum atomic E-state index is -0.391. The van der Waals surface area contributed by atoms with Crippen molar-refractivity contribution in [2.75, 3.05) is 10.6 Å². The molecule has 30 heavy (non-hydrogen) atoms. The van der Waals surface area contributed by atoms with Crippen molar-refractivity contribution >= 4 is 28.6 Å². The molecule has 1 aliphatic rings. The number of hydrogen-bond donors (Lipinski definition) is 3. The zero-order valence-electron chi connectivity index (χ0n) is 16.3. The number of imidazole rings is 1. The smallest absolute Gasteiger partial charge is 0.255 e. The Morgan fingerprint density at radius 2 is 1.70 bits per heavy atom. The molecule has 0 spiro atoms. The zero-order valence-corrected chi connectivity index (χ0v) is 16.3. The predicted molar refractivity (Wildman–Crippen MR) is 117 cm³/mol. The molecular formula is C24H20N4O2. The van der Waals surface area contributed by atoms with Gasteiger partial charge in [0.15, 0.2) is 0 Å². The minimum Gasteiger partial charge on any atom is -0.508 e. The average Bonchev–Trinajstić information content (AvgIpc) is 3.12. The van der Waals surface area contributed by atoms with E-state index in [1.807, 2.05) is 78.2 Å². The molecule has 6 heteroatoms. The Kier molecular flexibility index (Phi) is 4.25. The number of para-hydroxylation sites is 3. The van der Waals surface area contributed by atoms with Crippen molar-refractivity contribution < 1.29 is 9.90 Å². The van der Waals surface area contributed by atoms with Crippen LogP contribution in [0, 0.1) is 0 Å². The van der Waals surface area contributed by atoms with Crippen molar-refractivity contribution in [3.05, 3.63) is 95.7 Å². The molecule has 148 valence electrons. The summed E-state index contributed by atoms with van der Waals surface area (Å²) in [5, 5.41) is 16.1. The molecule has 0 unspecified atom stereocenters. The van der Waals surface area contributed by atoms with Gasteiger partial charge in [-0.2, -0.15) is 0 Å². The number of aromatic hydroxyl groups is 1. The Bertz CT molecular complexity index is 1270. The van der Waals surface area contributed by atoms with Crippen molar-refractivity contribution in [3.8, 4) is 5.75 Å². The second-order valence-electron chi connectivity index (χ2n) is 7.27. The lowest BCUT2D eigenvalue weighted by molar-refractivity contribution is -0.113. The van der Waals surface area contributed by atoms with Crippen LogP contribution in [0.2, 0.25) is 0 Å². The summed E-state index contributed by atoms with van der Waals surface area (Å²) in [7, 11) is 0. The third-order valence-corrected chi connectivity index (χ3v) is 5.32. The Labute approximate surface area is 173 Å². The lowest BCUT2D eigenvalue weighted by Gasteiger charge is -2.30. The molecule has 4 aromatic rings. The average molecular weight is 396 g/mol. The van der Waals surface area contributed by atoms with Crippen LogP contribution in [-0.2, 0) is 4.79 Å². The van der Waals surface area contributed by atoms with E-state index in [0.717, 1.165) is 28.0 Å². The molecule has 5 rings (SSSR count). The van der Waals surface area contributed by atoms with Crippen LogP contribution >= 0.6 is 0 Å². The van der Waals surface area contributed by atoms with Gasteiger partial charge in [-0.05, 0) is 48.9 Å². The number of amides is 1. The molecule has 2 heterocycles. The molecule has 0 radical (unpaired) electrons. The van der Waals surface area contributed by atoms with E-state index in [1.165, 1.54) is 0 Å². The lowest BCUT2D eigenvalue weighted by Crippen LogP contribution is -2.30. The topological polar surface area (TPSA) is 79.2 Å². The molecule has 0 fully saturated rings. The number of carbonyl (C=O) groups is 1. The fraction of sp³-hybridized carbons (Fsp3) is 0.0833. The molecule has 3 aromatic carbocycles. The van der Waals surface area contributed by atoms with Crippen LogP contribution in [0.3, 0.4) is 0 Å². The Balaban J connectivity index is 1.68. The number of allylic oxidation sites excluding steroid dienone is 1. The summed E-state index contributed by atoms with van der Waals surface area (Å²) in [6, 6.07) is 23.8. The van der Waals surface area contributed by atoms with E-state index in [2.05, 4.69) is 10.6 Å². The number of rotatable bonds is 3. The molecule has 0 saturated heterocycles. The van der Waals surface area contributed by atoms with Gasteiger partial charge in [-0.15, -0.1) is 0 Å². The summed E-state index contributed by atoms with van der Waals surface area (Å²) in [5.41, 5.74) is 4.73. The van der Waals surface area contributed by atoms with Gasteiger partial charge in [0.25, 0.3) is 5.91 Å². The summed E-state index contributed by atoms with van der Waals surface area (Å²) >= 11 is 0. The van der Waals surface area contributed by atoms with Crippen LogP contribution in [0.15, 0.2) is 90.1 Å². The summed E-state index contributed by atoms with van der Waals surface area (Å²) < 4.78 is 2.04. The van der Waals surface area contributed by atoms with Crippen molar-refractivity contribution in [1.29, 1.82) is 0 Å². The first kappa shape index (κ1) is 18.0. The maximum atomic E-state index is 13.4. The summed E-state index contributed by atoms with van der Waals surface area (Å²) in [5.74, 6) is 0.676.